The maximum atomic E-state index is 6.07. The largest absolute Gasteiger partial charge is 0.374 e. The number of nitrogens with one attached hydrogen (secondary N) is 1. The van der Waals surface area contributed by atoms with E-state index in [4.69, 9.17) is 4.74 Å². The molecule has 0 aromatic carbocycles. The van der Waals surface area contributed by atoms with Crippen molar-refractivity contribution in [3.63, 3.8) is 0 Å². The number of imidazole rings is 1. The van der Waals surface area contributed by atoms with E-state index >= 15 is 0 Å². The number of aliphatic imine (C=N–C) groups is 1. The van der Waals surface area contributed by atoms with Crippen LogP contribution in [-0.4, -0.2) is 59.1 Å². The van der Waals surface area contributed by atoms with Crippen molar-refractivity contribution in [2.45, 2.75) is 31.5 Å². The smallest absolute Gasteiger partial charge is 0.193 e. The molecule has 0 spiro atoms. The summed E-state index contributed by atoms with van der Waals surface area (Å²) < 4.78 is 8.14. The summed E-state index contributed by atoms with van der Waals surface area (Å²) in [6, 6.07) is 6.09. The number of rotatable bonds is 3. The van der Waals surface area contributed by atoms with Crippen molar-refractivity contribution in [1.29, 1.82) is 0 Å². The van der Waals surface area contributed by atoms with Crippen molar-refractivity contribution in [2.24, 2.45) is 16.8 Å². The first kappa shape index (κ1) is 15.2. The highest BCUT2D eigenvalue weighted by Gasteiger charge is 2.53. The van der Waals surface area contributed by atoms with E-state index < -0.39 is 0 Å². The van der Waals surface area contributed by atoms with Crippen LogP contribution in [0.3, 0.4) is 0 Å². The highest BCUT2D eigenvalue weighted by Crippen LogP contribution is 2.47. The van der Waals surface area contributed by atoms with Crippen LogP contribution in [0.2, 0.25) is 0 Å². The maximum Gasteiger partial charge on any atom is 0.193 e. The van der Waals surface area contributed by atoms with Gasteiger partial charge in [-0.3, -0.25) is 4.99 Å². The molecule has 0 amide bonds. The van der Waals surface area contributed by atoms with Crippen molar-refractivity contribution in [1.82, 2.24) is 19.6 Å². The number of aromatic nitrogens is 2. The van der Waals surface area contributed by atoms with Crippen LogP contribution in [0.15, 0.2) is 35.6 Å². The van der Waals surface area contributed by atoms with Crippen LogP contribution in [0.1, 0.15) is 18.5 Å². The van der Waals surface area contributed by atoms with E-state index in [1.165, 1.54) is 12.8 Å². The fourth-order valence-corrected chi connectivity index (χ4v) is 4.88. The number of hydrogen-bond donors (Lipinski definition) is 1. The molecule has 4 unspecified atom stereocenters. The van der Waals surface area contributed by atoms with E-state index in [1.54, 1.807) is 0 Å². The van der Waals surface area contributed by atoms with Crippen molar-refractivity contribution in [3.8, 4) is 0 Å². The Hall–Kier alpha value is -2.08. The third kappa shape index (κ3) is 2.59. The molecule has 0 aliphatic carbocycles. The van der Waals surface area contributed by atoms with Gasteiger partial charge in [0.05, 0.1) is 17.9 Å². The predicted octanol–water partition coefficient (Wildman–Crippen LogP) is 1.56. The summed E-state index contributed by atoms with van der Waals surface area (Å²) in [5.74, 6) is 2.43. The summed E-state index contributed by atoms with van der Waals surface area (Å²) in [7, 11) is 1.88. The van der Waals surface area contributed by atoms with E-state index in [2.05, 4.69) is 30.8 Å². The number of likely N-dealkylation sites (tertiary alicyclic amines) is 1. The zero-order chi connectivity index (χ0) is 16.8. The molecule has 6 heteroatoms. The summed E-state index contributed by atoms with van der Waals surface area (Å²) in [4.78, 5) is 11.6. The third-order valence-corrected chi connectivity index (χ3v) is 6.04. The summed E-state index contributed by atoms with van der Waals surface area (Å²) in [6.07, 6.45) is 8.54. The number of hydrogen-bond acceptors (Lipinski definition) is 3. The summed E-state index contributed by atoms with van der Waals surface area (Å²) in [6.45, 7) is 3.02. The van der Waals surface area contributed by atoms with Crippen molar-refractivity contribution in [3.05, 3.63) is 36.3 Å². The predicted molar refractivity (Wildman–Crippen MR) is 96.7 cm³/mol. The Kier molecular flexibility index (Phi) is 3.66. The molecule has 2 aromatic rings. The molecule has 0 radical (unpaired) electrons. The molecule has 132 valence electrons. The van der Waals surface area contributed by atoms with Crippen LogP contribution in [0.25, 0.3) is 5.65 Å². The first-order chi connectivity index (χ1) is 12.3. The molecule has 1 N–H and O–H groups in total. The summed E-state index contributed by atoms with van der Waals surface area (Å²) >= 11 is 0. The molecule has 3 fully saturated rings. The monoisotopic (exact) mass is 339 g/mol. The minimum absolute atomic E-state index is 0.496. The van der Waals surface area contributed by atoms with Gasteiger partial charge < -0.3 is 19.4 Å². The second-order valence-electron chi connectivity index (χ2n) is 7.45. The van der Waals surface area contributed by atoms with Crippen molar-refractivity contribution < 1.29 is 4.74 Å². The summed E-state index contributed by atoms with van der Waals surface area (Å²) in [5.41, 5.74) is 2.11. The highest BCUT2D eigenvalue weighted by atomic mass is 16.5. The standard InChI is InChI=1S/C19H25N5O/c1-20-19(24-11-14-15(12-24)17-6-5-16(14)25-17)21-8-7-13-10-23-9-3-2-4-18(23)22-13/h2-4,9-10,14-17H,5-8,11-12H2,1H3,(H,20,21). The van der Waals surface area contributed by atoms with Gasteiger partial charge in [0.25, 0.3) is 0 Å². The quantitative estimate of drug-likeness (QED) is 0.681. The molecular formula is C19H25N5O. The summed E-state index contributed by atoms with van der Waals surface area (Å²) in [5, 5.41) is 3.53. The van der Waals surface area contributed by atoms with Gasteiger partial charge in [-0.15, -0.1) is 0 Å². The van der Waals surface area contributed by atoms with Gasteiger partial charge in [0, 0.05) is 57.3 Å². The Bertz CT molecular complexity index is 749. The number of nitrogens with zero attached hydrogens (tertiary/aromatic N) is 4. The fourth-order valence-electron chi connectivity index (χ4n) is 4.88. The zero-order valence-electron chi connectivity index (χ0n) is 14.6. The number of pyridine rings is 1. The Morgan fingerprint density at radius 1 is 1.28 bits per heavy atom. The van der Waals surface area contributed by atoms with Gasteiger partial charge in [-0.05, 0) is 25.0 Å². The molecule has 3 saturated heterocycles. The van der Waals surface area contributed by atoms with Gasteiger partial charge in [0.2, 0.25) is 0 Å². The number of guanidine groups is 1. The fraction of sp³-hybridized carbons (Fsp3) is 0.579. The lowest BCUT2D eigenvalue weighted by Gasteiger charge is -2.23. The van der Waals surface area contributed by atoms with Crippen LogP contribution in [0.4, 0.5) is 0 Å². The van der Waals surface area contributed by atoms with Crippen molar-refractivity contribution >= 4 is 11.6 Å². The van der Waals surface area contributed by atoms with Crippen LogP contribution in [0.5, 0.6) is 0 Å². The molecule has 6 nitrogen and oxygen atoms in total. The normalized spacial score (nSPS) is 31.1. The average Bonchev–Trinajstić information content (AvgIpc) is 3.39. The number of ether oxygens (including phenoxy) is 1. The second kappa shape index (κ2) is 6.02. The topological polar surface area (TPSA) is 54.2 Å². The Morgan fingerprint density at radius 2 is 2.08 bits per heavy atom. The third-order valence-electron chi connectivity index (χ3n) is 6.04. The van der Waals surface area contributed by atoms with Crippen molar-refractivity contribution in [2.75, 3.05) is 26.7 Å². The van der Waals surface area contributed by atoms with Gasteiger partial charge in [0.1, 0.15) is 5.65 Å². The molecule has 25 heavy (non-hydrogen) atoms. The van der Waals surface area contributed by atoms with Gasteiger partial charge >= 0.3 is 0 Å². The van der Waals surface area contributed by atoms with Gasteiger partial charge in [-0.1, -0.05) is 6.07 Å². The first-order valence-electron chi connectivity index (χ1n) is 9.35. The van der Waals surface area contributed by atoms with Gasteiger partial charge in [0.15, 0.2) is 5.96 Å². The minimum Gasteiger partial charge on any atom is -0.374 e. The zero-order valence-corrected chi connectivity index (χ0v) is 14.6. The van der Waals surface area contributed by atoms with Gasteiger partial charge in [-0.2, -0.15) is 0 Å². The molecule has 5 rings (SSSR count). The van der Waals surface area contributed by atoms with E-state index in [9.17, 15) is 0 Å². The lowest BCUT2D eigenvalue weighted by molar-refractivity contribution is 0.0767. The molecule has 2 aromatic heterocycles. The minimum atomic E-state index is 0.496. The first-order valence-corrected chi connectivity index (χ1v) is 9.35. The molecule has 2 bridgehead atoms. The van der Waals surface area contributed by atoms with Crippen LogP contribution >= 0.6 is 0 Å². The van der Waals surface area contributed by atoms with E-state index in [0.717, 1.165) is 43.4 Å². The molecule has 3 aliphatic rings. The van der Waals surface area contributed by atoms with E-state index in [0.29, 0.717) is 24.0 Å². The Morgan fingerprint density at radius 3 is 2.80 bits per heavy atom. The Balaban J connectivity index is 1.19. The van der Waals surface area contributed by atoms with Gasteiger partial charge in [-0.25, -0.2) is 4.98 Å². The van der Waals surface area contributed by atoms with E-state index in [1.807, 2.05) is 31.4 Å². The van der Waals surface area contributed by atoms with Crippen LogP contribution < -0.4 is 5.32 Å². The Labute approximate surface area is 147 Å². The molecular weight excluding hydrogens is 314 g/mol. The molecule has 3 aliphatic heterocycles. The second-order valence-corrected chi connectivity index (χ2v) is 7.45. The molecule has 4 atom stereocenters. The van der Waals surface area contributed by atoms with Crippen LogP contribution in [-0.2, 0) is 11.2 Å². The number of fused-ring (bicyclic) bond motifs is 6. The average molecular weight is 339 g/mol. The lowest BCUT2D eigenvalue weighted by Crippen LogP contribution is -2.42. The SMILES string of the molecule is CN=C(NCCc1cn2ccccc2n1)N1CC2C3CCC(O3)C2C1. The molecule has 5 heterocycles. The lowest BCUT2D eigenvalue weighted by atomic mass is 9.82. The highest BCUT2D eigenvalue weighted by molar-refractivity contribution is 5.80. The molecule has 0 saturated carbocycles. The van der Waals surface area contributed by atoms with E-state index in [-0.39, 0.29) is 0 Å². The maximum absolute atomic E-state index is 6.07. The van der Waals surface area contributed by atoms with Crippen LogP contribution in [0, 0.1) is 11.8 Å².